The number of hydrogen-bond acceptors (Lipinski definition) is 5. The standard InChI is InChI=1S/C41H51N7O2/c49-40-45(28-36-16-5-1-6-17-36)32-43(33-46(40)29-37-18-7-2-8-19-37)26-14-13-24-42-25-15-27-44-34-47(30-38-20-9-3-10-21-38)41(50)48(35-44)31-39-22-11-4-12-23-39/h1-12,16-23,42H,13-15,24-35H2. The molecule has 50 heavy (non-hydrogen) atoms. The molecule has 2 saturated heterocycles. The number of urea groups is 2. The topological polar surface area (TPSA) is 65.6 Å². The number of carbonyl (C=O) groups excluding carboxylic acids is 2. The number of rotatable bonds is 17. The molecule has 0 aliphatic carbocycles. The molecule has 0 atom stereocenters. The first-order valence-electron chi connectivity index (χ1n) is 18.0. The van der Waals surface area contributed by atoms with Crippen LogP contribution in [0.4, 0.5) is 9.59 Å². The smallest absolute Gasteiger partial charge is 0.317 e. The van der Waals surface area contributed by atoms with Crippen molar-refractivity contribution in [2.75, 3.05) is 52.9 Å². The molecule has 9 nitrogen and oxygen atoms in total. The molecule has 2 heterocycles. The molecule has 0 bridgehead atoms. The average Bonchev–Trinajstić information content (AvgIpc) is 3.15. The van der Waals surface area contributed by atoms with E-state index < -0.39 is 0 Å². The zero-order valence-corrected chi connectivity index (χ0v) is 29.2. The Hall–Kier alpha value is -4.70. The number of carbonyl (C=O) groups is 2. The van der Waals surface area contributed by atoms with Gasteiger partial charge in [-0.3, -0.25) is 9.80 Å². The normalized spacial score (nSPS) is 16.0. The summed E-state index contributed by atoms with van der Waals surface area (Å²) < 4.78 is 0. The van der Waals surface area contributed by atoms with Crippen molar-refractivity contribution >= 4 is 12.1 Å². The lowest BCUT2D eigenvalue weighted by Gasteiger charge is -2.42. The van der Waals surface area contributed by atoms with E-state index in [1.54, 1.807) is 0 Å². The summed E-state index contributed by atoms with van der Waals surface area (Å²) in [7, 11) is 0. The maximum atomic E-state index is 13.5. The SMILES string of the molecule is O=C1N(Cc2ccccc2)CN(CCCCNCCCN2CN(Cc3ccccc3)C(=O)N(Cc3ccccc3)C2)CN1Cc1ccccc1. The predicted octanol–water partition coefficient (Wildman–Crippen LogP) is 6.46. The minimum Gasteiger partial charge on any atom is -0.317 e. The maximum absolute atomic E-state index is 13.5. The first-order valence-corrected chi connectivity index (χ1v) is 18.0. The van der Waals surface area contributed by atoms with Gasteiger partial charge in [0, 0.05) is 39.3 Å². The van der Waals surface area contributed by atoms with Crippen LogP contribution in [0.1, 0.15) is 41.5 Å². The van der Waals surface area contributed by atoms with Gasteiger partial charge in [-0.2, -0.15) is 0 Å². The van der Waals surface area contributed by atoms with Gasteiger partial charge in [0.25, 0.3) is 0 Å². The van der Waals surface area contributed by atoms with E-state index in [1.165, 1.54) is 0 Å². The molecule has 6 rings (SSSR count). The van der Waals surface area contributed by atoms with E-state index in [2.05, 4.69) is 63.6 Å². The summed E-state index contributed by atoms with van der Waals surface area (Å²) in [6.45, 7) is 8.79. The van der Waals surface area contributed by atoms with Crippen LogP contribution in [-0.2, 0) is 26.2 Å². The number of unbranched alkanes of at least 4 members (excludes halogenated alkanes) is 1. The summed E-state index contributed by atoms with van der Waals surface area (Å²) in [4.78, 5) is 39.6. The molecule has 2 aliphatic rings. The fraction of sp³-hybridized carbons (Fsp3) is 0.366. The third kappa shape index (κ3) is 10.4. The van der Waals surface area contributed by atoms with Crippen LogP contribution in [0, 0.1) is 0 Å². The fourth-order valence-electron chi connectivity index (χ4n) is 6.80. The highest BCUT2D eigenvalue weighted by Gasteiger charge is 2.31. The summed E-state index contributed by atoms with van der Waals surface area (Å²) in [5, 5.41) is 3.65. The predicted molar refractivity (Wildman–Crippen MR) is 198 cm³/mol. The lowest BCUT2D eigenvalue weighted by atomic mass is 10.2. The second-order valence-corrected chi connectivity index (χ2v) is 13.5. The van der Waals surface area contributed by atoms with Crippen LogP contribution in [0.15, 0.2) is 121 Å². The van der Waals surface area contributed by atoms with Crippen LogP contribution < -0.4 is 5.32 Å². The minimum absolute atomic E-state index is 0.0940. The molecule has 9 heteroatoms. The Morgan fingerprint density at radius 1 is 0.400 bits per heavy atom. The van der Waals surface area contributed by atoms with Gasteiger partial charge in [-0.05, 0) is 54.6 Å². The van der Waals surface area contributed by atoms with Crippen molar-refractivity contribution in [3.8, 4) is 0 Å². The average molecular weight is 674 g/mol. The van der Waals surface area contributed by atoms with Gasteiger partial charge >= 0.3 is 12.1 Å². The van der Waals surface area contributed by atoms with Crippen molar-refractivity contribution in [2.24, 2.45) is 0 Å². The Bertz CT molecular complexity index is 1360. The molecule has 0 unspecified atom stereocenters. The van der Waals surface area contributed by atoms with Crippen molar-refractivity contribution in [3.63, 3.8) is 0 Å². The van der Waals surface area contributed by atoms with Crippen LogP contribution in [-0.4, -0.2) is 94.3 Å². The molecule has 0 spiro atoms. The van der Waals surface area contributed by atoms with E-state index in [4.69, 9.17) is 0 Å². The molecular formula is C41H51N7O2. The Morgan fingerprint density at radius 3 is 1.04 bits per heavy atom. The first kappa shape index (κ1) is 35.1. The van der Waals surface area contributed by atoms with E-state index in [-0.39, 0.29) is 12.1 Å². The van der Waals surface area contributed by atoms with E-state index in [0.717, 1.165) is 67.7 Å². The highest BCUT2D eigenvalue weighted by Crippen LogP contribution is 2.19. The molecule has 262 valence electrons. The minimum atomic E-state index is 0.0940. The summed E-state index contributed by atoms with van der Waals surface area (Å²) >= 11 is 0. The largest absolute Gasteiger partial charge is 0.322 e. The molecule has 1 N–H and O–H groups in total. The van der Waals surface area contributed by atoms with Crippen molar-refractivity contribution in [1.82, 2.24) is 34.7 Å². The van der Waals surface area contributed by atoms with Crippen molar-refractivity contribution in [3.05, 3.63) is 144 Å². The second-order valence-electron chi connectivity index (χ2n) is 13.5. The third-order valence-corrected chi connectivity index (χ3v) is 9.34. The van der Waals surface area contributed by atoms with Gasteiger partial charge in [0.2, 0.25) is 0 Å². The Labute approximate surface area is 297 Å². The van der Waals surface area contributed by atoms with E-state index in [9.17, 15) is 9.59 Å². The molecule has 0 saturated carbocycles. The van der Waals surface area contributed by atoms with Gasteiger partial charge < -0.3 is 24.9 Å². The van der Waals surface area contributed by atoms with Crippen LogP contribution in [0.25, 0.3) is 0 Å². The van der Waals surface area contributed by atoms with Gasteiger partial charge in [0.1, 0.15) is 0 Å². The molecule has 2 aliphatic heterocycles. The van der Waals surface area contributed by atoms with Gasteiger partial charge in [0.05, 0.1) is 26.7 Å². The Kier molecular flexibility index (Phi) is 12.9. The summed E-state index contributed by atoms with van der Waals surface area (Å²) in [6, 6.07) is 41.2. The molecule has 4 aromatic carbocycles. The number of amides is 4. The number of benzene rings is 4. The molecule has 4 amide bonds. The van der Waals surface area contributed by atoms with E-state index in [0.29, 0.717) is 52.9 Å². The lowest BCUT2D eigenvalue weighted by molar-refractivity contribution is 0.0254. The lowest BCUT2D eigenvalue weighted by Crippen LogP contribution is -2.57. The van der Waals surface area contributed by atoms with Crippen molar-refractivity contribution in [2.45, 2.75) is 45.4 Å². The molecule has 0 aromatic heterocycles. The van der Waals surface area contributed by atoms with Gasteiger partial charge in [-0.25, -0.2) is 9.59 Å². The number of hydrogen-bond donors (Lipinski definition) is 1. The summed E-state index contributed by atoms with van der Waals surface area (Å²) in [5.41, 5.74) is 4.59. The fourth-order valence-corrected chi connectivity index (χ4v) is 6.80. The molecule has 4 aromatic rings. The first-order chi connectivity index (χ1) is 24.6. The van der Waals surface area contributed by atoms with Crippen LogP contribution in [0.3, 0.4) is 0 Å². The molecule has 0 radical (unpaired) electrons. The van der Waals surface area contributed by atoms with E-state index in [1.807, 2.05) is 92.4 Å². The Morgan fingerprint density at radius 2 is 0.700 bits per heavy atom. The number of nitrogens with zero attached hydrogens (tertiary/aromatic N) is 6. The zero-order chi connectivity index (χ0) is 34.4. The van der Waals surface area contributed by atoms with Crippen molar-refractivity contribution < 1.29 is 9.59 Å². The van der Waals surface area contributed by atoms with Crippen LogP contribution in [0.2, 0.25) is 0 Å². The second kappa shape index (κ2) is 18.3. The van der Waals surface area contributed by atoms with Crippen LogP contribution >= 0.6 is 0 Å². The monoisotopic (exact) mass is 673 g/mol. The summed E-state index contributed by atoms with van der Waals surface area (Å²) in [6.07, 6.45) is 3.16. The van der Waals surface area contributed by atoms with Gasteiger partial charge in [-0.1, -0.05) is 121 Å². The van der Waals surface area contributed by atoms with Gasteiger partial charge in [-0.15, -0.1) is 0 Å². The quantitative estimate of drug-likeness (QED) is 0.131. The third-order valence-electron chi connectivity index (χ3n) is 9.34. The van der Waals surface area contributed by atoms with Crippen LogP contribution in [0.5, 0.6) is 0 Å². The maximum Gasteiger partial charge on any atom is 0.322 e. The zero-order valence-electron chi connectivity index (χ0n) is 29.2. The summed E-state index contributed by atoms with van der Waals surface area (Å²) in [5.74, 6) is 0. The highest BCUT2D eigenvalue weighted by molar-refractivity contribution is 5.75. The van der Waals surface area contributed by atoms with Gasteiger partial charge in [0.15, 0.2) is 0 Å². The molecular weight excluding hydrogens is 622 g/mol. The van der Waals surface area contributed by atoms with E-state index >= 15 is 0 Å². The highest BCUT2D eigenvalue weighted by atomic mass is 16.2. The number of nitrogens with one attached hydrogen (secondary N) is 1. The van der Waals surface area contributed by atoms with Crippen molar-refractivity contribution in [1.29, 1.82) is 0 Å². The molecule has 2 fully saturated rings. The Balaban J connectivity index is 0.938.